The van der Waals surface area contributed by atoms with E-state index < -0.39 is 49.5 Å². The molecule has 1 unspecified atom stereocenters. The number of hydrogen-bond donors (Lipinski definition) is 1. The summed E-state index contributed by atoms with van der Waals surface area (Å²) in [4.78, 5) is 10.9. The van der Waals surface area contributed by atoms with Crippen LogP contribution in [0.25, 0.3) is 0 Å². The second-order valence-electron chi connectivity index (χ2n) is 2.75. The van der Waals surface area contributed by atoms with Crippen molar-refractivity contribution >= 4 is 26.6 Å². The number of halogens is 1. The van der Waals surface area contributed by atoms with Gasteiger partial charge in [0.2, 0.25) is 0 Å². The zero-order chi connectivity index (χ0) is 12.6. The Labute approximate surface area is 90.3 Å². The van der Waals surface area contributed by atoms with Gasteiger partial charge in [0, 0.05) is 0 Å². The molecule has 2 N–H and O–H groups in total. The molecule has 1 rings (SSSR count). The third-order valence-electron chi connectivity index (χ3n) is 1.51. The monoisotopic (exact) mass is 278 g/mol. The Morgan fingerprint density at radius 2 is 2.12 bits per heavy atom. The molecule has 1 aliphatic rings. The normalized spacial score (nSPS) is 24.0. The molecule has 94 valence electrons. The summed E-state index contributed by atoms with van der Waals surface area (Å²) in [6, 6.07) is 0. The van der Waals surface area contributed by atoms with Gasteiger partial charge in [0.1, 0.15) is 18.5 Å². The minimum absolute atomic E-state index is 0.464. The third-order valence-corrected chi connectivity index (χ3v) is 3.40. The van der Waals surface area contributed by atoms with Gasteiger partial charge in [-0.1, -0.05) is 3.89 Å². The number of nitrogens with zero attached hydrogens (tertiary/aromatic N) is 1. The molecule has 0 aromatic heterocycles. The van der Waals surface area contributed by atoms with Crippen molar-refractivity contribution in [3.63, 3.8) is 0 Å². The van der Waals surface area contributed by atoms with Crippen LogP contribution in [0.15, 0.2) is 0 Å². The van der Waals surface area contributed by atoms with Crippen molar-refractivity contribution in [1.82, 2.24) is 4.41 Å². The summed E-state index contributed by atoms with van der Waals surface area (Å²) in [5, 5.41) is 0. The van der Waals surface area contributed by atoms with Crippen molar-refractivity contribution < 1.29 is 34.4 Å². The predicted octanol–water partition coefficient (Wildman–Crippen LogP) is -1.76. The number of carbonyl (C=O) groups is 1. The van der Waals surface area contributed by atoms with Crippen LogP contribution >= 0.6 is 0 Å². The minimum atomic E-state index is -5.43. The average Bonchev–Trinajstić information content (AvgIpc) is 2.42. The van der Waals surface area contributed by atoms with Gasteiger partial charge in [-0.15, -0.1) is 4.41 Å². The molecular weight excluding hydrogens is 271 g/mol. The SMILES string of the molecule is NN(C(=O)OC1COS(=O)(=O)C1)S(=O)(=O)F. The lowest BCUT2D eigenvalue weighted by atomic mass is 10.4. The molecule has 1 aliphatic heterocycles. The van der Waals surface area contributed by atoms with Gasteiger partial charge < -0.3 is 4.74 Å². The van der Waals surface area contributed by atoms with Crippen LogP contribution in [0.1, 0.15) is 0 Å². The summed E-state index contributed by atoms with van der Waals surface area (Å²) in [5.41, 5.74) is 0. The van der Waals surface area contributed by atoms with Crippen molar-refractivity contribution in [1.29, 1.82) is 0 Å². The largest absolute Gasteiger partial charge is 0.441 e. The molecule has 1 heterocycles. The first-order valence-corrected chi connectivity index (χ1v) is 6.61. The van der Waals surface area contributed by atoms with Crippen LogP contribution in [0.4, 0.5) is 8.68 Å². The van der Waals surface area contributed by atoms with Gasteiger partial charge in [0.25, 0.3) is 10.1 Å². The average molecular weight is 278 g/mol. The summed E-state index contributed by atoms with van der Waals surface area (Å²) in [6.07, 6.45) is -2.95. The molecule has 9 nitrogen and oxygen atoms in total. The molecule has 16 heavy (non-hydrogen) atoms. The van der Waals surface area contributed by atoms with Gasteiger partial charge in [-0.05, 0) is 0 Å². The second-order valence-corrected chi connectivity index (χ2v) is 5.65. The van der Waals surface area contributed by atoms with Gasteiger partial charge in [0.05, 0.1) is 0 Å². The smallest absolute Gasteiger partial charge is 0.440 e. The topological polar surface area (TPSA) is 133 Å². The molecule has 1 saturated heterocycles. The first-order valence-electron chi connectivity index (χ1n) is 3.69. The number of hydrazine groups is 1. The Bertz CT molecular complexity index is 485. The van der Waals surface area contributed by atoms with Crippen molar-refractivity contribution in [3.8, 4) is 0 Å². The van der Waals surface area contributed by atoms with E-state index in [1.54, 1.807) is 0 Å². The molecule has 0 saturated carbocycles. The number of nitrogens with two attached hydrogens (primary N) is 1. The third kappa shape index (κ3) is 3.26. The first kappa shape index (κ1) is 13.1. The maximum atomic E-state index is 12.2. The summed E-state index contributed by atoms with van der Waals surface area (Å²) in [6.45, 7) is -0.464. The highest BCUT2D eigenvalue weighted by molar-refractivity contribution is 7.87. The van der Waals surface area contributed by atoms with Crippen molar-refractivity contribution in [2.24, 2.45) is 5.84 Å². The van der Waals surface area contributed by atoms with E-state index in [9.17, 15) is 25.5 Å². The van der Waals surface area contributed by atoms with Crippen LogP contribution in [-0.2, 0) is 29.4 Å². The van der Waals surface area contributed by atoms with Crippen molar-refractivity contribution in [2.45, 2.75) is 6.10 Å². The van der Waals surface area contributed by atoms with Gasteiger partial charge in [-0.25, -0.2) is 10.6 Å². The van der Waals surface area contributed by atoms with Gasteiger partial charge in [0.15, 0.2) is 0 Å². The van der Waals surface area contributed by atoms with Gasteiger partial charge in [-0.3, -0.25) is 4.18 Å². The zero-order valence-electron chi connectivity index (χ0n) is 7.57. The highest BCUT2D eigenvalue weighted by Gasteiger charge is 2.35. The lowest BCUT2D eigenvalue weighted by Crippen LogP contribution is -2.42. The molecule has 0 aliphatic carbocycles. The Kier molecular flexibility index (Phi) is 3.37. The Balaban J connectivity index is 2.61. The summed E-state index contributed by atoms with van der Waals surface area (Å²) in [5.74, 6) is 3.91. The molecule has 0 bridgehead atoms. The predicted molar refractivity (Wildman–Crippen MR) is 46.1 cm³/mol. The molecule has 0 aromatic carbocycles. The molecule has 1 atom stereocenters. The summed E-state index contributed by atoms with van der Waals surface area (Å²) in [7, 11) is -9.21. The van der Waals surface area contributed by atoms with Crippen molar-refractivity contribution in [2.75, 3.05) is 12.4 Å². The van der Waals surface area contributed by atoms with E-state index in [0.717, 1.165) is 0 Å². The maximum absolute atomic E-state index is 12.2. The van der Waals surface area contributed by atoms with Gasteiger partial charge in [-0.2, -0.15) is 16.8 Å². The van der Waals surface area contributed by atoms with Crippen LogP contribution in [0.3, 0.4) is 0 Å². The van der Waals surface area contributed by atoms with Crippen LogP contribution in [-0.4, -0.2) is 45.8 Å². The van der Waals surface area contributed by atoms with Gasteiger partial charge >= 0.3 is 16.5 Å². The molecular formula is C4H7FN2O7S2. The van der Waals surface area contributed by atoms with E-state index in [0.29, 0.717) is 0 Å². The zero-order valence-corrected chi connectivity index (χ0v) is 9.20. The van der Waals surface area contributed by atoms with E-state index in [4.69, 9.17) is 0 Å². The molecule has 12 heteroatoms. The van der Waals surface area contributed by atoms with E-state index in [2.05, 4.69) is 14.8 Å². The van der Waals surface area contributed by atoms with E-state index in [1.165, 1.54) is 0 Å². The lowest BCUT2D eigenvalue weighted by molar-refractivity contribution is 0.0772. The summed E-state index contributed by atoms with van der Waals surface area (Å²) >= 11 is 0. The fraction of sp³-hybridized carbons (Fsp3) is 0.750. The fourth-order valence-corrected chi connectivity index (χ4v) is 2.15. The molecule has 0 radical (unpaired) electrons. The molecule has 0 spiro atoms. The van der Waals surface area contributed by atoms with E-state index in [-0.39, 0.29) is 0 Å². The van der Waals surface area contributed by atoms with Crippen LogP contribution in [0.5, 0.6) is 0 Å². The first-order chi connectivity index (χ1) is 7.12. The number of carbonyl (C=O) groups excluding carboxylic acids is 1. The van der Waals surface area contributed by atoms with Crippen LogP contribution in [0, 0.1) is 0 Å². The number of ether oxygens (including phenoxy) is 1. The quantitative estimate of drug-likeness (QED) is 0.206. The number of rotatable bonds is 2. The molecule has 0 aromatic rings. The maximum Gasteiger partial charge on any atom is 0.440 e. The fourth-order valence-electron chi connectivity index (χ4n) is 0.855. The van der Waals surface area contributed by atoms with Crippen LogP contribution < -0.4 is 5.84 Å². The standard InChI is InChI=1S/C4H7FN2O7S2/c5-16(11,12)7(6)4(8)14-3-1-13-15(9,10)2-3/h3H,1-2,6H2. The molecule has 1 amide bonds. The second kappa shape index (κ2) is 4.12. The highest BCUT2D eigenvalue weighted by Crippen LogP contribution is 2.13. The van der Waals surface area contributed by atoms with Crippen molar-refractivity contribution in [3.05, 3.63) is 0 Å². The number of amides is 1. The minimum Gasteiger partial charge on any atom is -0.441 e. The van der Waals surface area contributed by atoms with E-state index >= 15 is 0 Å². The van der Waals surface area contributed by atoms with Crippen LogP contribution in [0.2, 0.25) is 0 Å². The highest BCUT2D eigenvalue weighted by atomic mass is 32.3. The van der Waals surface area contributed by atoms with E-state index in [1.807, 2.05) is 0 Å². The Morgan fingerprint density at radius 1 is 1.56 bits per heavy atom. The number of hydrogen-bond acceptors (Lipinski definition) is 8. The Hall–Kier alpha value is -0.980. The summed E-state index contributed by atoms with van der Waals surface area (Å²) < 4.78 is 61.7. The Morgan fingerprint density at radius 3 is 2.50 bits per heavy atom. The lowest BCUT2D eigenvalue weighted by Gasteiger charge is -2.13. The molecule has 1 fully saturated rings.